The summed E-state index contributed by atoms with van der Waals surface area (Å²) in [5.74, 6) is 0.431. The molecule has 0 bridgehead atoms. The van der Waals surface area contributed by atoms with Gasteiger partial charge in [-0.25, -0.2) is 0 Å². The van der Waals surface area contributed by atoms with Crippen molar-refractivity contribution in [1.82, 2.24) is 9.78 Å². The van der Waals surface area contributed by atoms with Crippen LogP contribution in [0.1, 0.15) is 22.5 Å². The molecule has 0 atom stereocenters. The quantitative estimate of drug-likeness (QED) is 0.794. The summed E-state index contributed by atoms with van der Waals surface area (Å²) in [5, 5.41) is 8.37. The highest BCUT2D eigenvalue weighted by Gasteiger charge is 2.32. The van der Waals surface area contributed by atoms with Gasteiger partial charge in [0.15, 0.2) is 5.78 Å². The topological polar surface area (TPSA) is 72.9 Å². The van der Waals surface area contributed by atoms with Crippen molar-refractivity contribution in [3.05, 3.63) is 29.4 Å². The second-order valence-electron chi connectivity index (χ2n) is 4.73. The monoisotopic (exact) mass is 276 g/mol. The molecule has 0 amide bonds. The third-order valence-corrected chi connectivity index (χ3v) is 4.26. The third-order valence-electron chi connectivity index (χ3n) is 3.13. The molecule has 5 nitrogen and oxygen atoms in total. The highest BCUT2D eigenvalue weighted by atomic mass is 32.1. The van der Waals surface area contributed by atoms with E-state index < -0.39 is 0 Å². The number of carbonyl (C=O) groups excluding carboxylic acids is 1. The lowest BCUT2D eigenvalue weighted by Crippen LogP contribution is -2.09. The fourth-order valence-electron chi connectivity index (χ4n) is 1.94. The molecule has 6 heteroatoms. The van der Waals surface area contributed by atoms with E-state index in [1.54, 1.807) is 6.20 Å². The number of nitrogens with two attached hydrogens (primary N) is 1. The SMILES string of the molecule is Nc1cc(NCCn2cccn2)sc1C(=O)C1CC1. The Bertz CT molecular complexity index is 571. The Labute approximate surface area is 115 Å². The predicted molar refractivity (Wildman–Crippen MR) is 76.5 cm³/mol. The number of rotatable bonds is 6. The number of nitrogens with one attached hydrogen (secondary N) is 1. The number of ketones is 1. The van der Waals surface area contributed by atoms with Crippen molar-refractivity contribution in [2.24, 2.45) is 5.92 Å². The standard InChI is InChI=1S/C13H16N4OS/c14-10-8-11(15-5-7-17-6-1-4-16-17)19-13(10)12(18)9-2-3-9/h1,4,6,8-9,15H,2-3,5,7,14H2. The number of thiophene rings is 1. The van der Waals surface area contributed by atoms with E-state index in [1.165, 1.54) is 11.3 Å². The average molecular weight is 276 g/mol. The molecule has 19 heavy (non-hydrogen) atoms. The summed E-state index contributed by atoms with van der Waals surface area (Å²) in [6, 6.07) is 3.75. The van der Waals surface area contributed by atoms with Crippen LogP contribution in [0, 0.1) is 5.92 Å². The Hall–Kier alpha value is -1.82. The molecule has 2 aromatic rings. The van der Waals surface area contributed by atoms with Crippen molar-refractivity contribution in [2.75, 3.05) is 17.6 Å². The summed E-state index contributed by atoms with van der Waals surface area (Å²) < 4.78 is 1.86. The Morgan fingerprint density at radius 3 is 3.11 bits per heavy atom. The Kier molecular flexibility index (Phi) is 3.25. The Morgan fingerprint density at radius 2 is 2.42 bits per heavy atom. The molecule has 1 aliphatic carbocycles. The van der Waals surface area contributed by atoms with Gasteiger partial charge in [-0.05, 0) is 25.0 Å². The highest BCUT2D eigenvalue weighted by molar-refractivity contribution is 7.18. The number of aromatic nitrogens is 2. The maximum absolute atomic E-state index is 12.0. The van der Waals surface area contributed by atoms with E-state index in [9.17, 15) is 4.79 Å². The molecule has 1 aliphatic rings. The maximum Gasteiger partial charge on any atom is 0.178 e. The molecule has 0 spiro atoms. The van der Waals surface area contributed by atoms with Gasteiger partial charge in [0.2, 0.25) is 0 Å². The van der Waals surface area contributed by atoms with Crippen molar-refractivity contribution in [2.45, 2.75) is 19.4 Å². The predicted octanol–water partition coefficient (Wildman–Crippen LogP) is 2.23. The van der Waals surface area contributed by atoms with Gasteiger partial charge in [-0.1, -0.05) is 0 Å². The second-order valence-corrected chi connectivity index (χ2v) is 5.78. The van der Waals surface area contributed by atoms with Gasteiger partial charge >= 0.3 is 0 Å². The van der Waals surface area contributed by atoms with Crippen LogP contribution < -0.4 is 11.1 Å². The zero-order valence-corrected chi connectivity index (χ0v) is 11.3. The lowest BCUT2D eigenvalue weighted by molar-refractivity contribution is 0.0972. The number of hydrogen-bond acceptors (Lipinski definition) is 5. The largest absolute Gasteiger partial charge is 0.397 e. The number of nitrogens with zero attached hydrogens (tertiary/aromatic N) is 2. The lowest BCUT2D eigenvalue weighted by atomic mass is 10.2. The number of carbonyl (C=O) groups is 1. The van der Waals surface area contributed by atoms with E-state index in [1.807, 2.05) is 23.0 Å². The molecule has 0 radical (unpaired) electrons. The average Bonchev–Trinajstić information content (AvgIpc) is 3.00. The fraction of sp³-hybridized carbons (Fsp3) is 0.385. The van der Waals surface area contributed by atoms with Crippen molar-refractivity contribution in [3.63, 3.8) is 0 Å². The Balaban J connectivity index is 1.59. The van der Waals surface area contributed by atoms with E-state index in [-0.39, 0.29) is 11.7 Å². The second kappa shape index (κ2) is 5.05. The molecule has 2 heterocycles. The van der Waals surface area contributed by atoms with Crippen LogP contribution >= 0.6 is 11.3 Å². The molecular weight excluding hydrogens is 260 g/mol. The summed E-state index contributed by atoms with van der Waals surface area (Å²) in [5.41, 5.74) is 6.51. The number of anilines is 2. The van der Waals surface area contributed by atoms with Gasteiger partial charge in [-0.3, -0.25) is 9.48 Å². The van der Waals surface area contributed by atoms with Crippen LogP contribution in [0.2, 0.25) is 0 Å². The highest BCUT2D eigenvalue weighted by Crippen LogP contribution is 2.38. The summed E-state index contributed by atoms with van der Waals surface area (Å²) in [6.07, 6.45) is 5.71. The van der Waals surface area contributed by atoms with E-state index >= 15 is 0 Å². The molecule has 0 saturated heterocycles. The molecule has 2 aromatic heterocycles. The summed E-state index contributed by atoms with van der Waals surface area (Å²) >= 11 is 1.46. The summed E-state index contributed by atoms with van der Waals surface area (Å²) in [6.45, 7) is 1.55. The van der Waals surface area contributed by atoms with Crippen LogP contribution in [0.4, 0.5) is 10.7 Å². The summed E-state index contributed by atoms with van der Waals surface area (Å²) in [7, 11) is 0. The van der Waals surface area contributed by atoms with Gasteiger partial charge in [0.25, 0.3) is 0 Å². The fourth-order valence-corrected chi connectivity index (χ4v) is 2.97. The van der Waals surface area contributed by atoms with E-state index in [4.69, 9.17) is 5.73 Å². The first-order valence-electron chi connectivity index (χ1n) is 6.39. The minimum atomic E-state index is 0.211. The molecule has 3 rings (SSSR count). The van der Waals surface area contributed by atoms with Gasteiger partial charge in [-0.15, -0.1) is 11.3 Å². The van der Waals surface area contributed by atoms with Crippen molar-refractivity contribution >= 4 is 27.8 Å². The lowest BCUT2D eigenvalue weighted by Gasteiger charge is -2.03. The van der Waals surface area contributed by atoms with Crippen LogP contribution in [-0.4, -0.2) is 22.1 Å². The van der Waals surface area contributed by atoms with Crippen LogP contribution in [0.3, 0.4) is 0 Å². The molecule has 0 unspecified atom stereocenters. The van der Waals surface area contributed by atoms with Crippen molar-refractivity contribution < 1.29 is 4.79 Å². The van der Waals surface area contributed by atoms with Gasteiger partial charge in [0, 0.05) is 24.9 Å². The minimum absolute atomic E-state index is 0.211. The van der Waals surface area contributed by atoms with Crippen molar-refractivity contribution in [1.29, 1.82) is 0 Å². The number of nitrogen functional groups attached to an aromatic ring is 1. The molecular formula is C13H16N4OS. The molecule has 0 aliphatic heterocycles. The molecule has 1 fully saturated rings. The zero-order chi connectivity index (χ0) is 13.2. The Morgan fingerprint density at radius 1 is 1.58 bits per heavy atom. The molecule has 3 N–H and O–H groups in total. The van der Waals surface area contributed by atoms with Gasteiger partial charge in [-0.2, -0.15) is 5.10 Å². The maximum atomic E-state index is 12.0. The van der Waals surface area contributed by atoms with E-state index in [0.29, 0.717) is 10.6 Å². The normalized spacial score (nSPS) is 14.5. The first kappa shape index (κ1) is 12.2. The van der Waals surface area contributed by atoms with Crippen LogP contribution in [0.25, 0.3) is 0 Å². The zero-order valence-electron chi connectivity index (χ0n) is 10.5. The first-order valence-corrected chi connectivity index (χ1v) is 7.20. The van der Waals surface area contributed by atoms with Gasteiger partial charge in [0.1, 0.15) is 0 Å². The number of Topliss-reactive ketones (excluding diaryl/α,β-unsaturated/α-hetero) is 1. The van der Waals surface area contributed by atoms with Gasteiger partial charge < -0.3 is 11.1 Å². The minimum Gasteiger partial charge on any atom is -0.397 e. The van der Waals surface area contributed by atoms with Crippen LogP contribution in [-0.2, 0) is 6.54 Å². The van der Waals surface area contributed by atoms with Crippen molar-refractivity contribution in [3.8, 4) is 0 Å². The smallest absolute Gasteiger partial charge is 0.178 e. The van der Waals surface area contributed by atoms with Gasteiger partial charge in [0.05, 0.1) is 22.1 Å². The molecule has 1 saturated carbocycles. The molecule has 100 valence electrons. The van der Waals surface area contributed by atoms with E-state index in [2.05, 4.69) is 10.4 Å². The third kappa shape index (κ3) is 2.78. The number of hydrogen-bond donors (Lipinski definition) is 2. The molecule has 0 aromatic carbocycles. The first-order chi connectivity index (χ1) is 9.24. The van der Waals surface area contributed by atoms with E-state index in [0.717, 1.165) is 30.9 Å². The summed E-state index contributed by atoms with van der Waals surface area (Å²) in [4.78, 5) is 12.7. The van der Waals surface area contributed by atoms with Crippen LogP contribution in [0.5, 0.6) is 0 Å². The van der Waals surface area contributed by atoms with Crippen LogP contribution in [0.15, 0.2) is 24.5 Å².